The number of nitrogen functional groups attached to an aromatic ring is 1. The van der Waals surface area contributed by atoms with Crippen LogP contribution in [0, 0.1) is 0 Å². The maximum Gasteiger partial charge on any atom is 0.416 e. The summed E-state index contributed by atoms with van der Waals surface area (Å²) in [5, 5.41) is 0. The summed E-state index contributed by atoms with van der Waals surface area (Å²) >= 11 is 1.46. The van der Waals surface area contributed by atoms with Gasteiger partial charge < -0.3 is 10.7 Å². The van der Waals surface area contributed by atoms with Gasteiger partial charge in [0.25, 0.3) is 5.56 Å². The third kappa shape index (κ3) is 4.62. The van der Waals surface area contributed by atoms with Crippen LogP contribution in [0.1, 0.15) is 21.7 Å². The molecule has 0 saturated carbocycles. The van der Waals surface area contributed by atoms with Crippen molar-refractivity contribution in [3.63, 3.8) is 0 Å². The number of H-pyrrole nitrogens is 1. The zero-order chi connectivity index (χ0) is 23.9. The fourth-order valence-electron chi connectivity index (χ4n) is 4.08. The summed E-state index contributed by atoms with van der Waals surface area (Å²) in [6.45, 7) is 1.82. The molecule has 3 heterocycles. The standard InChI is InChI=1S/C25H21F3N4OS/c26-25(27,28)17-3-1-2-16(12-17)22-9-8-19(34-22)13-32-11-10-21-20(14-32)24(33)31-23(30-21)15-4-6-18(29)7-5-15/h1-9,12H,10-11,13-14,29H2,(H,30,31,33). The maximum absolute atomic E-state index is 13.0. The fraction of sp³-hybridized carbons (Fsp3) is 0.200. The number of rotatable bonds is 4. The molecule has 5 nitrogen and oxygen atoms in total. The van der Waals surface area contributed by atoms with Crippen LogP contribution in [0.3, 0.4) is 0 Å². The van der Waals surface area contributed by atoms with E-state index in [9.17, 15) is 18.0 Å². The Morgan fingerprint density at radius 3 is 2.62 bits per heavy atom. The minimum absolute atomic E-state index is 0.155. The van der Waals surface area contributed by atoms with Crippen molar-refractivity contribution < 1.29 is 13.2 Å². The van der Waals surface area contributed by atoms with Crippen LogP contribution in [0.2, 0.25) is 0 Å². The maximum atomic E-state index is 13.0. The van der Waals surface area contributed by atoms with Crippen molar-refractivity contribution in [1.82, 2.24) is 14.9 Å². The van der Waals surface area contributed by atoms with E-state index in [4.69, 9.17) is 5.73 Å². The summed E-state index contributed by atoms with van der Waals surface area (Å²) in [7, 11) is 0. The highest BCUT2D eigenvalue weighted by molar-refractivity contribution is 7.15. The molecule has 0 radical (unpaired) electrons. The second-order valence-corrected chi connectivity index (χ2v) is 9.44. The lowest BCUT2D eigenvalue weighted by Gasteiger charge is -2.27. The lowest BCUT2D eigenvalue weighted by molar-refractivity contribution is -0.137. The Bertz CT molecular complexity index is 1390. The molecule has 0 fully saturated rings. The number of anilines is 1. The molecule has 4 aromatic rings. The molecular formula is C25H21F3N4OS. The molecule has 174 valence electrons. The van der Waals surface area contributed by atoms with Crippen molar-refractivity contribution in [2.45, 2.75) is 25.7 Å². The van der Waals surface area contributed by atoms with Gasteiger partial charge in [-0.05, 0) is 54.1 Å². The first-order valence-electron chi connectivity index (χ1n) is 10.7. The summed E-state index contributed by atoms with van der Waals surface area (Å²) in [5.41, 5.74) is 8.37. The molecule has 9 heteroatoms. The van der Waals surface area contributed by atoms with Crippen LogP contribution < -0.4 is 11.3 Å². The lowest BCUT2D eigenvalue weighted by atomic mass is 10.1. The van der Waals surface area contributed by atoms with Crippen molar-refractivity contribution >= 4 is 17.0 Å². The molecule has 0 atom stereocenters. The van der Waals surface area contributed by atoms with Gasteiger partial charge in [-0.1, -0.05) is 12.1 Å². The molecule has 0 bridgehead atoms. The second-order valence-electron chi connectivity index (χ2n) is 8.27. The number of nitrogens with one attached hydrogen (secondary N) is 1. The molecule has 0 spiro atoms. The van der Waals surface area contributed by atoms with Crippen molar-refractivity contribution in [3.8, 4) is 21.8 Å². The molecule has 0 saturated heterocycles. The normalized spacial score (nSPS) is 14.2. The van der Waals surface area contributed by atoms with Gasteiger partial charge in [0.15, 0.2) is 0 Å². The Kier molecular flexibility index (Phi) is 5.75. The zero-order valence-corrected chi connectivity index (χ0v) is 18.8. The number of nitrogens with two attached hydrogens (primary N) is 1. The van der Waals surface area contributed by atoms with E-state index >= 15 is 0 Å². The average molecular weight is 483 g/mol. The van der Waals surface area contributed by atoms with Crippen molar-refractivity contribution in [1.29, 1.82) is 0 Å². The number of benzene rings is 2. The highest BCUT2D eigenvalue weighted by atomic mass is 32.1. The number of aromatic amines is 1. The lowest BCUT2D eigenvalue weighted by Crippen LogP contribution is -2.35. The number of alkyl halides is 3. The van der Waals surface area contributed by atoms with E-state index in [1.165, 1.54) is 23.5 Å². The van der Waals surface area contributed by atoms with Crippen LogP contribution in [0.4, 0.5) is 18.9 Å². The quantitative estimate of drug-likeness (QED) is 0.386. The fourth-order valence-corrected chi connectivity index (χ4v) is 5.13. The van der Waals surface area contributed by atoms with Gasteiger partial charge in [-0.15, -0.1) is 11.3 Å². The first-order chi connectivity index (χ1) is 16.3. The molecule has 2 aromatic heterocycles. The highest BCUT2D eigenvalue weighted by Crippen LogP contribution is 2.35. The highest BCUT2D eigenvalue weighted by Gasteiger charge is 2.30. The molecule has 1 aliphatic heterocycles. The van der Waals surface area contributed by atoms with E-state index in [-0.39, 0.29) is 5.56 Å². The molecule has 3 N–H and O–H groups in total. The van der Waals surface area contributed by atoms with Gasteiger partial charge in [0.1, 0.15) is 5.82 Å². The van der Waals surface area contributed by atoms with Crippen LogP contribution in [0.25, 0.3) is 21.8 Å². The predicted molar refractivity (Wildman–Crippen MR) is 127 cm³/mol. The summed E-state index contributed by atoms with van der Waals surface area (Å²) in [6.07, 6.45) is -3.72. The van der Waals surface area contributed by atoms with E-state index in [1.807, 2.05) is 24.3 Å². The summed E-state index contributed by atoms with van der Waals surface area (Å²) in [4.78, 5) is 24.3. The van der Waals surface area contributed by atoms with E-state index in [0.717, 1.165) is 33.6 Å². The molecule has 1 aliphatic rings. The molecule has 0 aliphatic carbocycles. The van der Waals surface area contributed by atoms with Crippen LogP contribution in [-0.4, -0.2) is 21.4 Å². The first kappa shape index (κ1) is 22.4. The molecule has 5 rings (SSSR count). The first-order valence-corrected chi connectivity index (χ1v) is 11.5. The Hall–Kier alpha value is -3.43. The van der Waals surface area contributed by atoms with Crippen molar-refractivity contribution in [3.05, 3.63) is 92.7 Å². The Morgan fingerprint density at radius 2 is 1.85 bits per heavy atom. The minimum atomic E-state index is -4.37. The van der Waals surface area contributed by atoms with E-state index in [1.54, 1.807) is 18.2 Å². The molecule has 2 aromatic carbocycles. The third-order valence-corrected chi connectivity index (χ3v) is 6.97. The summed E-state index contributed by atoms with van der Waals surface area (Å²) in [6, 6.07) is 16.3. The van der Waals surface area contributed by atoms with Gasteiger partial charge in [0.2, 0.25) is 0 Å². The van der Waals surface area contributed by atoms with Gasteiger partial charge in [-0.2, -0.15) is 13.2 Å². The minimum Gasteiger partial charge on any atom is -0.399 e. The molecular weight excluding hydrogens is 461 g/mol. The number of thiophene rings is 1. The number of hydrogen-bond donors (Lipinski definition) is 2. The average Bonchev–Trinajstić information content (AvgIpc) is 3.28. The number of nitrogens with zero attached hydrogens (tertiary/aromatic N) is 2. The van der Waals surface area contributed by atoms with E-state index < -0.39 is 11.7 Å². The van der Waals surface area contributed by atoms with Gasteiger partial charge in [-0.25, -0.2) is 4.98 Å². The Labute approximate surface area is 197 Å². The topological polar surface area (TPSA) is 75.0 Å². The SMILES string of the molecule is Nc1ccc(-c2nc3c(c(=O)[nH]2)CN(Cc2ccc(-c4cccc(C(F)(F)F)c4)s2)CC3)cc1. The summed E-state index contributed by atoms with van der Waals surface area (Å²) in [5.74, 6) is 0.529. The largest absolute Gasteiger partial charge is 0.416 e. The smallest absolute Gasteiger partial charge is 0.399 e. The van der Waals surface area contributed by atoms with Gasteiger partial charge in [0.05, 0.1) is 16.8 Å². The van der Waals surface area contributed by atoms with Gasteiger partial charge in [0, 0.05) is 47.1 Å². The van der Waals surface area contributed by atoms with Crippen molar-refractivity contribution in [2.24, 2.45) is 0 Å². The van der Waals surface area contributed by atoms with Crippen molar-refractivity contribution in [2.75, 3.05) is 12.3 Å². The Balaban J connectivity index is 1.32. The second kappa shape index (κ2) is 8.73. The van der Waals surface area contributed by atoms with Gasteiger partial charge in [-0.3, -0.25) is 9.69 Å². The van der Waals surface area contributed by atoms with E-state index in [2.05, 4.69) is 14.9 Å². The monoisotopic (exact) mass is 482 g/mol. The van der Waals surface area contributed by atoms with Crippen LogP contribution in [0.5, 0.6) is 0 Å². The molecule has 0 unspecified atom stereocenters. The molecule has 34 heavy (non-hydrogen) atoms. The van der Waals surface area contributed by atoms with Crippen LogP contribution in [-0.2, 0) is 25.7 Å². The van der Waals surface area contributed by atoms with Crippen LogP contribution >= 0.6 is 11.3 Å². The van der Waals surface area contributed by atoms with E-state index in [0.29, 0.717) is 42.1 Å². The summed E-state index contributed by atoms with van der Waals surface area (Å²) < 4.78 is 39.1. The number of hydrogen-bond acceptors (Lipinski definition) is 5. The number of fused-ring (bicyclic) bond motifs is 1. The third-order valence-electron chi connectivity index (χ3n) is 5.85. The van der Waals surface area contributed by atoms with Gasteiger partial charge >= 0.3 is 6.18 Å². The predicted octanol–water partition coefficient (Wildman–Crippen LogP) is 5.32. The Morgan fingerprint density at radius 1 is 1.06 bits per heavy atom. The van der Waals surface area contributed by atoms with Crippen LogP contribution in [0.15, 0.2) is 65.5 Å². The number of halogens is 3. The zero-order valence-electron chi connectivity index (χ0n) is 18.0. The molecule has 0 amide bonds. The number of aromatic nitrogens is 2.